The van der Waals surface area contributed by atoms with E-state index in [2.05, 4.69) is 17.1 Å². The van der Waals surface area contributed by atoms with Crippen LogP contribution in [0.3, 0.4) is 0 Å². The van der Waals surface area contributed by atoms with Crippen LogP contribution in [0.4, 0.5) is 0 Å². The molecular formula is C14H15NO2S. The van der Waals surface area contributed by atoms with Gasteiger partial charge in [0, 0.05) is 16.2 Å². The van der Waals surface area contributed by atoms with Gasteiger partial charge >= 0.3 is 5.97 Å². The van der Waals surface area contributed by atoms with Crippen molar-refractivity contribution in [3.8, 4) is 0 Å². The monoisotopic (exact) mass is 261 g/mol. The fraction of sp³-hybridized carbons (Fsp3) is 0.357. The number of carboxylic acids is 1. The third-order valence-corrected chi connectivity index (χ3v) is 4.89. The first kappa shape index (κ1) is 11.7. The van der Waals surface area contributed by atoms with Crippen molar-refractivity contribution in [3.05, 3.63) is 30.3 Å². The van der Waals surface area contributed by atoms with Crippen LogP contribution in [0.1, 0.15) is 19.3 Å². The Hall–Kier alpha value is -1.42. The Morgan fingerprint density at radius 1 is 1.33 bits per heavy atom. The van der Waals surface area contributed by atoms with E-state index in [4.69, 9.17) is 0 Å². The zero-order valence-corrected chi connectivity index (χ0v) is 10.7. The molecule has 94 valence electrons. The van der Waals surface area contributed by atoms with Gasteiger partial charge in [-0.2, -0.15) is 0 Å². The van der Waals surface area contributed by atoms with E-state index < -0.39 is 5.97 Å². The lowest BCUT2D eigenvalue weighted by Gasteiger charge is -2.13. The van der Waals surface area contributed by atoms with Crippen molar-refractivity contribution in [1.82, 2.24) is 4.98 Å². The molecule has 0 spiro atoms. The van der Waals surface area contributed by atoms with Crippen molar-refractivity contribution in [2.24, 2.45) is 5.92 Å². The summed E-state index contributed by atoms with van der Waals surface area (Å²) >= 11 is 1.68. The second kappa shape index (κ2) is 4.69. The standard InChI is InChI=1S/C14H15NO2S/c16-14(17)10-5-3-7-12(10)18-13-8-9-4-1-2-6-11(9)15-13/h1-2,4,6,8,10,12,15H,3,5,7H2,(H,16,17). The molecule has 4 heteroatoms. The first-order chi connectivity index (χ1) is 8.74. The summed E-state index contributed by atoms with van der Waals surface area (Å²) in [5, 5.41) is 11.6. The van der Waals surface area contributed by atoms with Gasteiger partial charge in [0.25, 0.3) is 0 Å². The normalized spacial score (nSPS) is 23.6. The van der Waals surface area contributed by atoms with Crippen molar-refractivity contribution in [2.45, 2.75) is 29.5 Å². The Morgan fingerprint density at radius 2 is 2.17 bits per heavy atom. The Labute approximate surface area is 110 Å². The Kier molecular flexibility index (Phi) is 3.04. The van der Waals surface area contributed by atoms with Crippen molar-refractivity contribution in [2.75, 3.05) is 0 Å². The minimum Gasteiger partial charge on any atom is -0.481 e. The van der Waals surface area contributed by atoms with Crippen LogP contribution in [-0.2, 0) is 4.79 Å². The van der Waals surface area contributed by atoms with Crippen LogP contribution in [0.15, 0.2) is 35.4 Å². The molecule has 1 saturated carbocycles. The summed E-state index contributed by atoms with van der Waals surface area (Å²) in [5.74, 6) is -0.845. The number of H-pyrrole nitrogens is 1. The highest BCUT2D eigenvalue weighted by Gasteiger charge is 2.33. The van der Waals surface area contributed by atoms with Crippen LogP contribution in [0, 0.1) is 5.92 Å². The topological polar surface area (TPSA) is 53.1 Å². The van der Waals surface area contributed by atoms with Crippen molar-refractivity contribution < 1.29 is 9.90 Å². The SMILES string of the molecule is O=C(O)C1CCCC1Sc1cc2ccccc2[nH]1. The summed E-state index contributed by atoms with van der Waals surface area (Å²) in [6, 6.07) is 10.2. The number of aromatic amines is 1. The lowest BCUT2D eigenvalue weighted by molar-refractivity contribution is -0.141. The first-order valence-electron chi connectivity index (χ1n) is 6.21. The largest absolute Gasteiger partial charge is 0.481 e. The van der Waals surface area contributed by atoms with Crippen molar-refractivity contribution >= 4 is 28.6 Å². The number of aliphatic carboxylic acids is 1. The average Bonchev–Trinajstić information content (AvgIpc) is 2.94. The average molecular weight is 261 g/mol. The van der Waals surface area contributed by atoms with Crippen LogP contribution in [0.25, 0.3) is 10.9 Å². The summed E-state index contributed by atoms with van der Waals surface area (Å²) in [5.41, 5.74) is 1.12. The van der Waals surface area contributed by atoms with Gasteiger partial charge in [-0.25, -0.2) is 0 Å². The molecule has 18 heavy (non-hydrogen) atoms. The summed E-state index contributed by atoms with van der Waals surface area (Å²) in [7, 11) is 0. The molecule has 3 rings (SSSR count). The first-order valence-corrected chi connectivity index (χ1v) is 7.09. The number of fused-ring (bicyclic) bond motifs is 1. The van der Waals surface area contributed by atoms with Gasteiger partial charge in [-0.1, -0.05) is 24.6 Å². The molecule has 2 N–H and O–H groups in total. The van der Waals surface area contributed by atoms with E-state index >= 15 is 0 Å². The molecule has 0 bridgehead atoms. The number of carbonyl (C=O) groups is 1. The van der Waals surface area contributed by atoms with Crippen LogP contribution >= 0.6 is 11.8 Å². The molecule has 2 atom stereocenters. The van der Waals surface area contributed by atoms with Crippen molar-refractivity contribution in [3.63, 3.8) is 0 Å². The van der Waals surface area contributed by atoms with E-state index in [1.54, 1.807) is 11.8 Å². The second-order valence-electron chi connectivity index (χ2n) is 4.75. The fourth-order valence-corrected chi connectivity index (χ4v) is 4.01. The predicted octanol–water partition coefficient (Wildman–Crippen LogP) is 3.51. The molecule has 0 radical (unpaired) electrons. The number of benzene rings is 1. The van der Waals surface area contributed by atoms with E-state index in [9.17, 15) is 9.90 Å². The molecular weight excluding hydrogens is 246 g/mol. The van der Waals surface area contributed by atoms with Crippen LogP contribution in [-0.4, -0.2) is 21.3 Å². The Morgan fingerprint density at radius 3 is 2.94 bits per heavy atom. The predicted molar refractivity (Wildman–Crippen MR) is 72.9 cm³/mol. The van der Waals surface area contributed by atoms with Gasteiger partial charge in [-0.05, 0) is 25.0 Å². The Balaban J connectivity index is 1.81. The summed E-state index contributed by atoms with van der Waals surface area (Å²) in [4.78, 5) is 14.5. The Bertz CT molecular complexity index is 545. The molecule has 2 aromatic rings. The maximum atomic E-state index is 11.2. The summed E-state index contributed by atoms with van der Waals surface area (Å²) in [6.07, 6.45) is 2.83. The van der Waals surface area contributed by atoms with E-state index in [-0.39, 0.29) is 11.2 Å². The van der Waals surface area contributed by atoms with Crippen LogP contribution in [0.2, 0.25) is 0 Å². The van der Waals surface area contributed by atoms with E-state index in [1.807, 2.05) is 18.2 Å². The molecule has 1 aliphatic rings. The van der Waals surface area contributed by atoms with Gasteiger partial charge in [0.1, 0.15) is 0 Å². The molecule has 2 unspecified atom stereocenters. The molecule has 3 nitrogen and oxygen atoms in total. The molecule has 0 aliphatic heterocycles. The highest BCUT2D eigenvalue weighted by atomic mass is 32.2. The number of thioether (sulfide) groups is 1. The zero-order chi connectivity index (χ0) is 12.5. The molecule has 0 amide bonds. The van der Waals surface area contributed by atoms with E-state index in [1.165, 1.54) is 5.39 Å². The maximum Gasteiger partial charge on any atom is 0.307 e. The van der Waals surface area contributed by atoms with E-state index in [0.29, 0.717) is 0 Å². The minimum absolute atomic E-state index is 0.193. The van der Waals surface area contributed by atoms with Gasteiger partial charge in [-0.15, -0.1) is 11.8 Å². The van der Waals surface area contributed by atoms with E-state index in [0.717, 1.165) is 29.8 Å². The zero-order valence-electron chi connectivity index (χ0n) is 9.93. The smallest absolute Gasteiger partial charge is 0.307 e. The highest BCUT2D eigenvalue weighted by Crippen LogP contribution is 2.39. The molecule has 0 saturated heterocycles. The van der Waals surface area contributed by atoms with Crippen LogP contribution < -0.4 is 0 Å². The number of carboxylic acid groups (broad SMARTS) is 1. The molecule has 1 fully saturated rings. The lowest BCUT2D eigenvalue weighted by Crippen LogP contribution is -2.19. The van der Waals surface area contributed by atoms with Crippen molar-refractivity contribution in [1.29, 1.82) is 0 Å². The number of para-hydroxylation sites is 1. The number of hydrogen-bond donors (Lipinski definition) is 2. The fourth-order valence-electron chi connectivity index (χ4n) is 2.62. The second-order valence-corrected chi connectivity index (χ2v) is 6.03. The van der Waals surface area contributed by atoms with Gasteiger partial charge in [-0.3, -0.25) is 4.79 Å². The van der Waals surface area contributed by atoms with Gasteiger partial charge in [0.05, 0.1) is 10.9 Å². The number of rotatable bonds is 3. The molecule has 1 aromatic carbocycles. The van der Waals surface area contributed by atoms with Crippen LogP contribution in [0.5, 0.6) is 0 Å². The third kappa shape index (κ3) is 2.12. The van der Waals surface area contributed by atoms with Gasteiger partial charge < -0.3 is 10.1 Å². The highest BCUT2D eigenvalue weighted by molar-refractivity contribution is 7.99. The maximum absolute atomic E-state index is 11.2. The number of hydrogen-bond acceptors (Lipinski definition) is 2. The number of nitrogens with one attached hydrogen (secondary N) is 1. The molecule has 1 heterocycles. The lowest BCUT2D eigenvalue weighted by atomic mass is 10.1. The summed E-state index contributed by atoms with van der Waals surface area (Å²) in [6.45, 7) is 0. The van der Waals surface area contributed by atoms with Gasteiger partial charge in [0.15, 0.2) is 0 Å². The number of aromatic nitrogens is 1. The molecule has 1 aliphatic carbocycles. The summed E-state index contributed by atoms with van der Waals surface area (Å²) < 4.78 is 0. The third-order valence-electron chi connectivity index (χ3n) is 3.55. The molecule has 1 aromatic heterocycles. The minimum atomic E-state index is -0.652. The quantitative estimate of drug-likeness (QED) is 0.889. The van der Waals surface area contributed by atoms with Gasteiger partial charge in [0.2, 0.25) is 0 Å².